The van der Waals surface area contributed by atoms with Crippen LogP contribution in [0.2, 0.25) is 5.02 Å². The quantitative estimate of drug-likeness (QED) is 0.547. The Morgan fingerprint density at radius 3 is 2.46 bits per heavy atom. The zero-order valence-corrected chi connectivity index (χ0v) is 16.0. The van der Waals surface area contributed by atoms with Crippen molar-refractivity contribution in [2.75, 3.05) is 0 Å². The average molecular weight is 400 g/mol. The number of nitrogens with zero attached hydrogens (tertiary/aromatic N) is 1. The molecule has 28 heavy (non-hydrogen) atoms. The monoisotopic (exact) mass is 399 g/mol. The number of pyridine rings is 1. The van der Waals surface area contributed by atoms with Crippen LogP contribution in [0.5, 0.6) is 5.75 Å². The van der Waals surface area contributed by atoms with Crippen LogP contribution < -0.4 is 4.74 Å². The van der Waals surface area contributed by atoms with E-state index >= 15 is 0 Å². The Morgan fingerprint density at radius 1 is 1.11 bits per heavy atom. The van der Waals surface area contributed by atoms with Gasteiger partial charge < -0.3 is 9.84 Å². The van der Waals surface area contributed by atoms with Crippen molar-refractivity contribution in [3.8, 4) is 16.9 Å². The smallest absolute Gasteiger partial charge is 0.337 e. The van der Waals surface area contributed by atoms with Crippen LogP contribution in [0.1, 0.15) is 35.1 Å². The summed E-state index contributed by atoms with van der Waals surface area (Å²) in [5.74, 6) is -0.997. The molecule has 3 aromatic rings. The van der Waals surface area contributed by atoms with Crippen molar-refractivity contribution in [3.63, 3.8) is 0 Å². The second kappa shape index (κ2) is 8.85. The molecule has 0 aliphatic carbocycles. The molecule has 3 rings (SSSR count). The van der Waals surface area contributed by atoms with Crippen LogP contribution in [-0.2, 0) is 13.0 Å². The van der Waals surface area contributed by atoms with E-state index in [9.17, 15) is 14.3 Å². The number of carbonyl (C=O) groups is 1. The van der Waals surface area contributed by atoms with Crippen molar-refractivity contribution in [2.45, 2.75) is 26.4 Å². The molecule has 0 amide bonds. The fourth-order valence-electron chi connectivity index (χ4n) is 2.91. The Bertz CT molecular complexity index is 990. The SMILES string of the molecule is CCCc1nc(COc2ccc(Cl)cc2)c(C(=O)O)cc1-c1ccccc1F. The molecule has 0 unspecified atom stereocenters. The van der Waals surface area contributed by atoms with Crippen molar-refractivity contribution >= 4 is 17.6 Å². The molecule has 0 aliphatic heterocycles. The van der Waals surface area contributed by atoms with E-state index < -0.39 is 11.8 Å². The van der Waals surface area contributed by atoms with Crippen molar-refractivity contribution in [1.82, 2.24) is 4.98 Å². The van der Waals surface area contributed by atoms with E-state index in [-0.39, 0.29) is 12.2 Å². The topological polar surface area (TPSA) is 59.4 Å². The van der Waals surface area contributed by atoms with Gasteiger partial charge in [-0.3, -0.25) is 4.98 Å². The molecule has 2 aromatic carbocycles. The van der Waals surface area contributed by atoms with E-state index in [0.717, 1.165) is 6.42 Å². The fourth-order valence-corrected chi connectivity index (χ4v) is 3.04. The second-order valence-electron chi connectivity index (χ2n) is 6.25. The lowest BCUT2D eigenvalue weighted by Crippen LogP contribution is -2.11. The van der Waals surface area contributed by atoms with Crippen LogP contribution in [0.4, 0.5) is 4.39 Å². The predicted octanol–water partition coefficient (Wildman–Crippen LogP) is 5.77. The van der Waals surface area contributed by atoms with Crippen molar-refractivity contribution in [2.24, 2.45) is 0 Å². The normalized spacial score (nSPS) is 10.7. The minimum absolute atomic E-state index is 0.00734. The largest absolute Gasteiger partial charge is 0.487 e. The molecule has 1 N–H and O–H groups in total. The number of hydrogen-bond donors (Lipinski definition) is 1. The molecule has 1 aromatic heterocycles. The van der Waals surface area contributed by atoms with Crippen molar-refractivity contribution in [1.29, 1.82) is 0 Å². The zero-order chi connectivity index (χ0) is 20.1. The lowest BCUT2D eigenvalue weighted by molar-refractivity contribution is 0.0693. The van der Waals surface area contributed by atoms with Gasteiger partial charge in [0.25, 0.3) is 0 Å². The van der Waals surface area contributed by atoms with Gasteiger partial charge >= 0.3 is 5.97 Å². The summed E-state index contributed by atoms with van der Waals surface area (Å²) in [7, 11) is 0. The predicted molar refractivity (Wildman–Crippen MR) is 106 cm³/mol. The molecule has 4 nitrogen and oxygen atoms in total. The van der Waals surface area contributed by atoms with Crippen LogP contribution in [0.15, 0.2) is 54.6 Å². The Morgan fingerprint density at radius 2 is 1.82 bits per heavy atom. The molecular formula is C22H19ClFNO3. The van der Waals surface area contributed by atoms with Gasteiger partial charge in [0.15, 0.2) is 0 Å². The van der Waals surface area contributed by atoms with E-state index in [2.05, 4.69) is 4.98 Å². The number of carboxylic acid groups (broad SMARTS) is 1. The van der Waals surface area contributed by atoms with Crippen LogP contribution in [0.3, 0.4) is 0 Å². The number of benzene rings is 2. The van der Waals surface area contributed by atoms with Gasteiger partial charge in [-0.05, 0) is 42.8 Å². The van der Waals surface area contributed by atoms with Crippen LogP contribution in [0, 0.1) is 5.82 Å². The average Bonchev–Trinajstić information content (AvgIpc) is 2.68. The fraction of sp³-hybridized carbons (Fsp3) is 0.182. The Labute approximate surface area is 167 Å². The summed E-state index contributed by atoms with van der Waals surface area (Å²) in [6.45, 7) is 1.97. The summed E-state index contributed by atoms with van der Waals surface area (Å²) in [4.78, 5) is 16.3. The van der Waals surface area contributed by atoms with Gasteiger partial charge in [-0.1, -0.05) is 43.1 Å². The molecule has 6 heteroatoms. The van der Waals surface area contributed by atoms with Gasteiger partial charge in [-0.25, -0.2) is 9.18 Å². The maximum absolute atomic E-state index is 14.3. The number of rotatable bonds is 7. The maximum Gasteiger partial charge on any atom is 0.337 e. The number of aromatic carboxylic acids is 1. The van der Waals surface area contributed by atoms with Crippen LogP contribution >= 0.6 is 11.6 Å². The van der Waals surface area contributed by atoms with Crippen LogP contribution in [0.25, 0.3) is 11.1 Å². The third-order valence-corrected chi connectivity index (χ3v) is 4.50. The molecule has 0 saturated heterocycles. The summed E-state index contributed by atoms with van der Waals surface area (Å²) in [5.41, 5.74) is 1.77. The number of aromatic nitrogens is 1. The van der Waals surface area contributed by atoms with E-state index in [4.69, 9.17) is 16.3 Å². The van der Waals surface area contributed by atoms with E-state index in [1.54, 1.807) is 42.5 Å². The van der Waals surface area contributed by atoms with Crippen molar-refractivity contribution < 1.29 is 19.0 Å². The highest BCUT2D eigenvalue weighted by atomic mass is 35.5. The summed E-state index contributed by atoms with van der Waals surface area (Å²) in [6.07, 6.45) is 1.38. The summed E-state index contributed by atoms with van der Waals surface area (Å²) >= 11 is 5.86. The molecule has 1 heterocycles. The lowest BCUT2D eigenvalue weighted by Gasteiger charge is -2.15. The van der Waals surface area contributed by atoms with Gasteiger partial charge in [-0.15, -0.1) is 0 Å². The van der Waals surface area contributed by atoms with Gasteiger partial charge in [0.05, 0.1) is 11.3 Å². The van der Waals surface area contributed by atoms with Crippen LogP contribution in [-0.4, -0.2) is 16.1 Å². The third kappa shape index (κ3) is 4.49. The molecule has 0 fully saturated rings. The molecule has 0 spiro atoms. The lowest BCUT2D eigenvalue weighted by atomic mass is 9.97. The minimum Gasteiger partial charge on any atom is -0.487 e. The Kier molecular flexibility index (Phi) is 6.26. The molecule has 0 radical (unpaired) electrons. The van der Waals surface area contributed by atoms with E-state index in [1.807, 2.05) is 6.92 Å². The maximum atomic E-state index is 14.3. The first kappa shape index (κ1) is 19.8. The summed E-state index contributed by atoms with van der Waals surface area (Å²) in [6, 6.07) is 14.5. The number of aryl methyl sites for hydroxylation is 1. The second-order valence-corrected chi connectivity index (χ2v) is 6.69. The van der Waals surface area contributed by atoms with Crippen molar-refractivity contribution in [3.05, 3.63) is 82.4 Å². The van der Waals surface area contributed by atoms with Gasteiger partial charge in [0.1, 0.15) is 18.2 Å². The van der Waals surface area contributed by atoms with Gasteiger partial charge in [0, 0.05) is 21.8 Å². The number of hydrogen-bond acceptors (Lipinski definition) is 3. The molecule has 144 valence electrons. The molecule has 0 saturated carbocycles. The summed E-state index contributed by atoms with van der Waals surface area (Å²) < 4.78 is 20.0. The van der Waals surface area contributed by atoms with E-state index in [1.165, 1.54) is 12.1 Å². The zero-order valence-electron chi connectivity index (χ0n) is 15.3. The Hall–Kier alpha value is -2.92. The number of carboxylic acids is 1. The first-order valence-electron chi connectivity index (χ1n) is 8.89. The highest BCUT2D eigenvalue weighted by Crippen LogP contribution is 2.29. The number of ether oxygens (including phenoxy) is 1. The first-order valence-corrected chi connectivity index (χ1v) is 9.26. The number of halogens is 2. The van der Waals surface area contributed by atoms with E-state index in [0.29, 0.717) is 39.7 Å². The molecule has 0 atom stereocenters. The van der Waals surface area contributed by atoms with Gasteiger partial charge in [0.2, 0.25) is 0 Å². The van der Waals surface area contributed by atoms with Gasteiger partial charge in [-0.2, -0.15) is 0 Å². The molecular weight excluding hydrogens is 381 g/mol. The molecule has 0 aliphatic rings. The highest BCUT2D eigenvalue weighted by molar-refractivity contribution is 6.30. The minimum atomic E-state index is -1.14. The highest BCUT2D eigenvalue weighted by Gasteiger charge is 2.19. The first-order chi connectivity index (χ1) is 13.5. The Balaban J connectivity index is 2.02. The summed E-state index contributed by atoms with van der Waals surface area (Å²) in [5, 5.41) is 10.2. The standard InChI is InChI=1S/C22H19ClFNO3/c1-2-5-20-17(16-6-3-4-7-19(16)24)12-18(22(26)27)21(25-20)13-28-15-10-8-14(23)9-11-15/h3-4,6-12H,2,5,13H2,1H3,(H,26,27). The molecule has 0 bridgehead atoms. The third-order valence-electron chi connectivity index (χ3n) is 4.25.